The summed E-state index contributed by atoms with van der Waals surface area (Å²) in [5, 5.41) is 6.96. The van der Waals surface area contributed by atoms with Crippen LogP contribution in [0.4, 0.5) is 0 Å². The van der Waals surface area contributed by atoms with Crippen molar-refractivity contribution in [3.8, 4) is 0 Å². The maximum absolute atomic E-state index is 3.64. The fraction of sp³-hybridized carbons (Fsp3) is 0.571. The van der Waals surface area contributed by atoms with Gasteiger partial charge < -0.3 is 10.6 Å². The van der Waals surface area contributed by atoms with Crippen molar-refractivity contribution in [1.82, 2.24) is 10.6 Å². The maximum Gasteiger partial charge on any atom is 0.0249 e. The predicted molar refractivity (Wildman–Crippen MR) is 78.3 cm³/mol. The number of halogens is 1. The van der Waals surface area contributed by atoms with Gasteiger partial charge in [0.25, 0.3) is 0 Å². The molecule has 17 heavy (non-hydrogen) atoms. The molecule has 0 aliphatic rings. The highest BCUT2D eigenvalue weighted by atomic mass is 79.9. The van der Waals surface area contributed by atoms with E-state index >= 15 is 0 Å². The van der Waals surface area contributed by atoms with Crippen molar-refractivity contribution in [2.75, 3.05) is 13.1 Å². The summed E-state index contributed by atoms with van der Waals surface area (Å²) in [6.07, 6.45) is 1.19. The minimum atomic E-state index is 0.494. The van der Waals surface area contributed by atoms with Gasteiger partial charge in [-0.15, -0.1) is 0 Å². The van der Waals surface area contributed by atoms with E-state index in [2.05, 4.69) is 65.5 Å². The predicted octanol–water partition coefficient (Wildman–Crippen LogP) is 3.24. The molecule has 3 heteroatoms. The monoisotopic (exact) mass is 298 g/mol. The lowest BCUT2D eigenvalue weighted by molar-refractivity contribution is 0.501. The zero-order chi connectivity index (χ0) is 12.7. The highest BCUT2D eigenvalue weighted by Crippen LogP contribution is 2.20. The Labute approximate surface area is 113 Å². The Morgan fingerprint density at radius 1 is 1.35 bits per heavy atom. The Hall–Kier alpha value is -0.380. The number of nitrogens with one attached hydrogen (secondary N) is 2. The third-order valence-electron chi connectivity index (χ3n) is 2.79. The van der Waals surface area contributed by atoms with E-state index in [4.69, 9.17) is 0 Å². The van der Waals surface area contributed by atoms with Crippen molar-refractivity contribution in [1.29, 1.82) is 0 Å². The smallest absolute Gasteiger partial charge is 0.0249 e. The van der Waals surface area contributed by atoms with E-state index in [-0.39, 0.29) is 0 Å². The molecule has 0 saturated carbocycles. The summed E-state index contributed by atoms with van der Waals surface area (Å²) < 4.78 is 1.22. The first kappa shape index (κ1) is 14.7. The summed E-state index contributed by atoms with van der Waals surface area (Å²) in [6.45, 7) is 9.57. The Morgan fingerprint density at radius 3 is 2.82 bits per heavy atom. The number of hydrogen-bond acceptors (Lipinski definition) is 2. The number of rotatable bonds is 7. The van der Waals surface area contributed by atoms with Crippen LogP contribution in [0.1, 0.15) is 31.4 Å². The van der Waals surface area contributed by atoms with E-state index in [0.29, 0.717) is 6.04 Å². The van der Waals surface area contributed by atoms with Gasteiger partial charge in [-0.2, -0.15) is 0 Å². The second-order valence-electron chi connectivity index (χ2n) is 4.53. The van der Waals surface area contributed by atoms with E-state index in [1.807, 2.05) is 0 Å². The lowest BCUT2D eigenvalue weighted by atomic mass is 10.1. The van der Waals surface area contributed by atoms with Gasteiger partial charge in [-0.3, -0.25) is 0 Å². The summed E-state index contributed by atoms with van der Waals surface area (Å²) in [6, 6.07) is 6.89. The van der Waals surface area contributed by atoms with Crippen LogP contribution in [0.3, 0.4) is 0 Å². The van der Waals surface area contributed by atoms with Crippen LogP contribution in [0.15, 0.2) is 22.7 Å². The second kappa shape index (κ2) is 7.85. The molecule has 0 radical (unpaired) electrons. The minimum absolute atomic E-state index is 0.494. The molecule has 1 rings (SSSR count). The van der Waals surface area contributed by atoms with Crippen molar-refractivity contribution in [3.63, 3.8) is 0 Å². The van der Waals surface area contributed by atoms with E-state index in [1.165, 1.54) is 22.0 Å². The van der Waals surface area contributed by atoms with Crippen LogP contribution in [0.2, 0.25) is 0 Å². The molecule has 0 heterocycles. The van der Waals surface area contributed by atoms with Crippen molar-refractivity contribution >= 4 is 15.9 Å². The molecular weight excluding hydrogens is 276 g/mol. The van der Waals surface area contributed by atoms with Crippen molar-refractivity contribution in [2.45, 2.75) is 39.8 Å². The SMILES string of the molecule is CCCNCC(C)NCc1cccc(C)c1Br. The van der Waals surface area contributed by atoms with Gasteiger partial charge >= 0.3 is 0 Å². The molecule has 2 nitrogen and oxygen atoms in total. The number of hydrogen-bond donors (Lipinski definition) is 2. The van der Waals surface area contributed by atoms with Gasteiger partial charge in [0.2, 0.25) is 0 Å². The molecule has 0 bridgehead atoms. The first-order chi connectivity index (χ1) is 8.15. The van der Waals surface area contributed by atoms with Crippen LogP contribution in [0, 0.1) is 6.92 Å². The van der Waals surface area contributed by atoms with Crippen molar-refractivity contribution < 1.29 is 0 Å². The Morgan fingerprint density at radius 2 is 2.12 bits per heavy atom. The summed E-state index contributed by atoms with van der Waals surface area (Å²) in [7, 11) is 0. The normalized spacial score (nSPS) is 12.7. The largest absolute Gasteiger partial charge is 0.315 e. The Kier molecular flexibility index (Phi) is 6.78. The topological polar surface area (TPSA) is 24.1 Å². The van der Waals surface area contributed by atoms with Gasteiger partial charge in [-0.25, -0.2) is 0 Å². The van der Waals surface area contributed by atoms with E-state index in [0.717, 1.165) is 19.6 Å². The van der Waals surface area contributed by atoms with Crippen LogP contribution in [-0.4, -0.2) is 19.1 Å². The molecule has 0 aromatic heterocycles. The van der Waals surface area contributed by atoms with E-state index in [1.54, 1.807) is 0 Å². The Balaban J connectivity index is 2.37. The average molecular weight is 299 g/mol. The third kappa shape index (κ3) is 5.19. The molecular formula is C14H23BrN2. The van der Waals surface area contributed by atoms with E-state index < -0.39 is 0 Å². The molecule has 96 valence electrons. The first-order valence-electron chi connectivity index (χ1n) is 6.33. The summed E-state index contributed by atoms with van der Waals surface area (Å²) in [4.78, 5) is 0. The van der Waals surface area contributed by atoms with Gasteiger partial charge in [0, 0.05) is 23.6 Å². The highest BCUT2D eigenvalue weighted by molar-refractivity contribution is 9.10. The third-order valence-corrected chi connectivity index (χ3v) is 3.92. The molecule has 0 saturated heterocycles. The summed E-state index contributed by atoms with van der Waals surface area (Å²) >= 11 is 3.64. The maximum atomic E-state index is 3.64. The van der Waals surface area contributed by atoms with Crippen molar-refractivity contribution in [2.24, 2.45) is 0 Å². The van der Waals surface area contributed by atoms with Crippen LogP contribution >= 0.6 is 15.9 Å². The van der Waals surface area contributed by atoms with Crippen molar-refractivity contribution in [3.05, 3.63) is 33.8 Å². The highest BCUT2D eigenvalue weighted by Gasteiger charge is 2.04. The zero-order valence-electron chi connectivity index (χ0n) is 11.0. The van der Waals surface area contributed by atoms with Crippen LogP contribution in [0.25, 0.3) is 0 Å². The minimum Gasteiger partial charge on any atom is -0.315 e. The van der Waals surface area contributed by atoms with E-state index in [9.17, 15) is 0 Å². The molecule has 2 N–H and O–H groups in total. The van der Waals surface area contributed by atoms with Gasteiger partial charge in [-0.1, -0.05) is 41.1 Å². The molecule has 0 spiro atoms. The van der Waals surface area contributed by atoms with Gasteiger partial charge in [0.15, 0.2) is 0 Å². The summed E-state index contributed by atoms with van der Waals surface area (Å²) in [5.74, 6) is 0. The number of aryl methyl sites for hydroxylation is 1. The van der Waals surface area contributed by atoms with Gasteiger partial charge in [0.1, 0.15) is 0 Å². The zero-order valence-corrected chi connectivity index (χ0v) is 12.6. The van der Waals surface area contributed by atoms with Crippen LogP contribution < -0.4 is 10.6 Å². The molecule has 0 fully saturated rings. The molecule has 0 aliphatic heterocycles. The lowest BCUT2D eigenvalue weighted by Crippen LogP contribution is -2.36. The Bertz CT molecular complexity index is 339. The van der Waals surface area contributed by atoms with Gasteiger partial charge in [0.05, 0.1) is 0 Å². The molecule has 1 aromatic carbocycles. The van der Waals surface area contributed by atoms with Crippen LogP contribution in [-0.2, 0) is 6.54 Å². The molecule has 0 amide bonds. The molecule has 1 unspecified atom stereocenters. The fourth-order valence-electron chi connectivity index (χ4n) is 1.70. The standard InChI is InChI=1S/C14H23BrN2/c1-4-8-16-9-12(3)17-10-13-7-5-6-11(2)14(13)15/h5-7,12,16-17H,4,8-10H2,1-3H3. The second-order valence-corrected chi connectivity index (χ2v) is 5.33. The molecule has 1 aromatic rings. The van der Waals surface area contributed by atoms with Crippen LogP contribution in [0.5, 0.6) is 0 Å². The lowest BCUT2D eigenvalue weighted by Gasteiger charge is -2.15. The average Bonchev–Trinajstić information content (AvgIpc) is 2.31. The fourth-order valence-corrected chi connectivity index (χ4v) is 2.10. The van der Waals surface area contributed by atoms with Gasteiger partial charge in [-0.05, 0) is 37.9 Å². The first-order valence-corrected chi connectivity index (χ1v) is 7.12. The molecule has 1 atom stereocenters. The quantitative estimate of drug-likeness (QED) is 0.755. The summed E-state index contributed by atoms with van der Waals surface area (Å²) in [5.41, 5.74) is 2.62. The molecule has 0 aliphatic carbocycles. The number of benzene rings is 1.